The zero-order chi connectivity index (χ0) is 15.8. The molecule has 2 rings (SSSR count). The molecule has 2 amide bonds. The van der Waals surface area contributed by atoms with Crippen molar-refractivity contribution in [3.63, 3.8) is 0 Å². The van der Waals surface area contributed by atoms with E-state index in [0.717, 1.165) is 5.69 Å². The fourth-order valence-electron chi connectivity index (χ4n) is 1.94. The molecule has 0 saturated carbocycles. The molecule has 0 fully saturated rings. The van der Waals surface area contributed by atoms with Crippen molar-refractivity contribution in [1.29, 1.82) is 0 Å². The number of anilines is 2. The largest absolute Gasteiger partial charge is 0.490 e. The number of carbonyl (C=O) groups excluding carboxylic acids is 1. The number of amides is 2. The zero-order valence-corrected chi connectivity index (χ0v) is 12.8. The molecule has 2 aromatic rings. The average Bonchev–Trinajstić information content (AvgIpc) is 2.51. The Bertz CT molecular complexity index is 615. The van der Waals surface area contributed by atoms with Gasteiger partial charge in [-0.1, -0.05) is 18.2 Å². The highest BCUT2D eigenvalue weighted by atomic mass is 16.5. The predicted octanol–water partition coefficient (Wildman–Crippen LogP) is 4.13. The Morgan fingerprint density at radius 2 is 1.50 bits per heavy atom. The summed E-state index contributed by atoms with van der Waals surface area (Å²) in [5.74, 6) is 1.28. The molecule has 2 N–H and O–H groups in total. The molecule has 0 aliphatic heterocycles. The fraction of sp³-hybridized carbons (Fsp3) is 0.235. The van der Waals surface area contributed by atoms with Crippen LogP contribution >= 0.6 is 0 Å². The summed E-state index contributed by atoms with van der Waals surface area (Å²) in [5.41, 5.74) is 1.37. The third-order valence-electron chi connectivity index (χ3n) is 2.83. The van der Waals surface area contributed by atoms with E-state index in [9.17, 15) is 4.79 Å². The van der Waals surface area contributed by atoms with Gasteiger partial charge in [0.05, 0.1) is 13.2 Å². The Morgan fingerprint density at radius 1 is 0.864 bits per heavy atom. The highest BCUT2D eigenvalue weighted by Gasteiger charge is 2.08. The minimum absolute atomic E-state index is 0.308. The lowest BCUT2D eigenvalue weighted by Crippen LogP contribution is -2.19. The van der Waals surface area contributed by atoms with Crippen LogP contribution in [0, 0.1) is 0 Å². The van der Waals surface area contributed by atoms with Gasteiger partial charge in [0.15, 0.2) is 11.5 Å². The first kappa shape index (κ1) is 15.7. The Balaban J connectivity index is 2.05. The summed E-state index contributed by atoms with van der Waals surface area (Å²) in [5, 5.41) is 5.53. The van der Waals surface area contributed by atoms with Gasteiger partial charge in [0.25, 0.3) is 0 Å². The first-order chi connectivity index (χ1) is 10.7. The maximum atomic E-state index is 12.0. The number of nitrogens with one attached hydrogen (secondary N) is 2. The van der Waals surface area contributed by atoms with Crippen LogP contribution in [0.4, 0.5) is 16.2 Å². The Kier molecular flexibility index (Phi) is 5.65. The van der Waals surface area contributed by atoms with Crippen LogP contribution in [0.5, 0.6) is 11.5 Å². The third kappa shape index (κ3) is 4.41. The summed E-state index contributed by atoms with van der Waals surface area (Å²) in [6, 6.07) is 14.3. The molecule has 5 nitrogen and oxygen atoms in total. The van der Waals surface area contributed by atoms with Crippen molar-refractivity contribution in [3.8, 4) is 11.5 Å². The van der Waals surface area contributed by atoms with Crippen LogP contribution in [0.15, 0.2) is 48.5 Å². The van der Waals surface area contributed by atoms with Crippen molar-refractivity contribution >= 4 is 17.4 Å². The lowest BCUT2D eigenvalue weighted by molar-refractivity contribution is 0.262. The number of rotatable bonds is 6. The second kappa shape index (κ2) is 7.93. The molecule has 0 atom stereocenters. The number of para-hydroxylation sites is 1. The van der Waals surface area contributed by atoms with Gasteiger partial charge in [0.1, 0.15) is 0 Å². The molecule has 2 aromatic carbocycles. The molecule has 0 heterocycles. The smallest absolute Gasteiger partial charge is 0.323 e. The summed E-state index contributed by atoms with van der Waals surface area (Å²) in [6.45, 7) is 4.90. The summed E-state index contributed by atoms with van der Waals surface area (Å²) in [6.07, 6.45) is 0. The maximum Gasteiger partial charge on any atom is 0.323 e. The molecular formula is C17H20N2O3. The van der Waals surface area contributed by atoms with Gasteiger partial charge in [-0.25, -0.2) is 4.79 Å². The van der Waals surface area contributed by atoms with Crippen LogP contribution in [0.3, 0.4) is 0 Å². The van der Waals surface area contributed by atoms with Gasteiger partial charge in [-0.05, 0) is 38.1 Å². The van der Waals surface area contributed by atoms with E-state index in [1.807, 2.05) is 44.2 Å². The lowest BCUT2D eigenvalue weighted by atomic mass is 10.2. The highest BCUT2D eigenvalue weighted by molar-refractivity contribution is 5.99. The van der Waals surface area contributed by atoms with Crippen molar-refractivity contribution in [2.75, 3.05) is 23.8 Å². The SMILES string of the molecule is CCOc1ccc(NC(=O)Nc2ccccc2)cc1OCC. The van der Waals surface area contributed by atoms with Crippen molar-refractivity contribution in [3.05, 3.63) is 48.5 Å². The van der Waals surface area contributed by atoms with Crippen LogP contribution in [-0.4, -0.2) is 19.2 Å². The van der Waals surface area contributed by atoms with E-state index in [1.54, 1.807) is 18.2 Å². The number of hydrogen-bond donors (Lipinski definition) is 2. The van der Waals surface area contributed by atoms with Crippen LogP contribution in [-0.2, 0) is 0 Å². The summed E-state index contributed by atoms with van der Waals surface area (Å²) < 4.78 is 11.0. The van der Waals surface area contributed by atoms with Gasteiger partial charge < -0.3 is 20.1 Å². The van der Waals surface area contributed by atoms with E-state index < -0.39 is 0 Å². The minimum Gasteiger partial charge on any atom is -0.490 e. The van der Waals surface area contributed by atoms with Crippen molar-refractivity contribution in [1.82, 2.24) is 0 Å². The van der Waals surface area contributed by atoms with E-state index in [0.29, 0.717) is 30.4 Å². The van der Waals surface area contributed by atoms with Gasteiger partial charge in [-0.15, -0.1) is 0 Å². The second-order valence-corrected chi connectivity index (χ2v) is 4.47. The van der Waals surface area contributed by atoms with Crippen LogP contribution in [0.1, 0.15) is 13.8 Å². The maximum absolute atomic E-state index is 12.0. The van der Waals surface area contributed by atoms with E-state index >= 15 is 0 Å². The molecule has 0 bridgehead atoms. The molecule has 0 radical (unpaired) electrons. The molecule has 116 valence electrons. The molecule has 0 aliphatic rings. The second-order valence-electron chi connectivity index (χ2n) is 4.47. The predicted molar refractivity (Wildman–Crippen MR) is 87.9 cm³/mol. The van der Waals surface area contributed by atoms with Crippen LogP contribution in [0.2, 0.25) is 0 Å². The molecule has 0 saturated heterocycles. The summed E-state index contributed by atoms with van der Waals surface area (Å²) in [7, 11) is 0. The topological polar surface area (TPSA) is 59.6 Å². The highest BCUT2D eigenvalue weighted by Crippen LogP contribution is 2.30. The van der Waals surface area contributed by atoms with Crippen molar-refractivity contribution < 1.29 is 14.3 Å². The Hall–Kier alpha value is -2.69. The molecule has 0 aliphatic carbocycles. The van der Waals surface area contributed by atoms with Gasteiger partial charge in [-0.2, -0.15) is 0 Å². The van der Waals surface area contributed by atoms with E-state index in [2.05, 4.69) is 10.6 Å². The number of carbonyl (C=O) groups is 1. The van der Waals surface area contributed by atoms with Crippen molar-refractivity contribution in [2.24, 2.45) is 0 Å². The molecule has 0 aromatic heterocycles. The average molecular weight is 300 g/mol. The normalized spacial score (nSPS) is 9.91. The molecule has 5 heteroatoms. The van der Waals surface area contributed by atoms with Gasteiger partial charge in [0, 0.05) is 17.4 Å². The van der Waals surface area contributed by atoms with Crippen molar-refractivity contribution in [2.45, 2.75) is 13.8 Å². The van der Waals surface area contributed by atoms with Gasteiger partial charge in [-0.3, -0.25) is 0 Å². The molecule has 22 heavy (non-hydrogen) atoms. The van der Waals surface area contributed by atoms with Crippen LogP contribution in [0.25, 0.3) is 0 Å². The lowest BCUT2D eigenvalue weighted by Gasteiger charge is -2.13. The van der Waals surface area contributed by atoms with Crippen LogP contribution < -0.4 is 20.1 Å². The fourth-order valence-corrected chi connectivity index (χ4v) is 1.94. The van der Waals surface area contributed by atoms with E-state index in [1.165, 1.54) is 0 Å². The molecular weight excluding hydrogens is 280 g/mol. The standard InChI is InChI=1S/C17H20N2O3/c1-3-21-15-11-10-14(12-16(15)22-4-2)19-17(20)18-13-8-6-5-7-9-13/h5-12H,3-4H2,1-2H3,(H2,18,19,20). The number of hydrogen-bond acceptors (Lipinski definition) is 3. The van der Waals surface area contributed by atoms with E-state index in [4.69, 9.17) is 9.47 Å². The quantitative estimate of drug-likeness (QED) is 0.843. The first-order valence-electron chi connectivity index (χ1n) is 7.25. The summed E-state index contributed by atoms with van der Waals surface area (Å²) in [4.78, 5) is 12.0. The van der Waals surface area contributed by atoms with Gasteiger partial charge >= 0.3 is 6.03 Å². The Morgan fingerprint density at radius 3 is 2.18 bits per heavy atom. The summed E-state index contributed by atoms with van der Waals surface area (Å²) >= 11 is 0. The number of urea groups is 1. The number of benzene rings is 2. The number of ether oxygens (including phenoxy) is 2. The molecule has 0 spiro atoms. The third-order valence-corrected chi connectivity index (χ3v) is 2.83. The first-order valence-corrected chi connectivity index (χ1v) is 7.25. The van der Waals surface area contributed by atoms with E-state index in [-0.39, 0.29) is 6.03 Å². The zero-order valence-electron chi connectivity index (χ0n) is 12.8. The van der Waals surface area contributed by atoms with Gasteiger partial charge in [0.2, 0.25) is 0 Å². The minimum atomic E-state index is -0.308. The monoisotopic (exact) mass is 300 g/mol. The Labute approximate surface area is 130 Å². The molecule has 0 unspecified atom stereocenters.